The van der Waals surface area contributed by atoms with E-state index in [-0.39, 0.29) is 24.0 Å². The van der Waals surface area contributed by atoms with Crippen molar-refractivity contribution in [3.8, 4) is 5.69 Å². The summed E-state index contributed by atoms with van der Waals surface area (Å²) < 4.78 is 7.06. The van der Waals surface area contributed by atoms with E-state index in [1.54, 1.807) is 7.11 Å². The first-order valence-electron chi connectivity index (χ1n) is 8.79. The van der Waals surface area contributed by atoms with Gasteiger partial charge in [-0.2, -0.15) is 5.10 Å². The van der Waals surface area contributed by atoms with Crippen LogP contribution in [-0.4, -0.2) is 42.5 Å². The number of nitrogens with one attached hydrogen (secondary N) is 2. The number of guanidine groups is 1. The van der Waals surface area contributed by atoms with E-state index >= 15 is 0 Å². The zero-order valence-electron chi connectivity index (χ0n) is 16.1. The number of aromatic nitrogens is 2. The van der Waals surface area contributed by atoms with E-state index in [1.165, 1.54) is 0 Å². The molecule has 0 amide bonds. The molecule has 0 radical (unpaired) electrons. The van der Waals surface area contributed by atoms with Gasteiger partial charge in [-0.1, -0.05) is 18.2 Å². The molecule has 26 heavy (non-hydrogen) atoms. The third kappa shape index (κ3) is 6.28. The van der Waals surface area contributed by atoms with E-state index in [1.807, 2.05) is 29.8 Å². The van der Waals surface area contributed by atoms with Gasteiger partial charge in [0.1, 0.15) is 0 Å². The van der Waals surface area contributed by atoms with Gasteiger partial charge in [0.05, 0.1) is 17.9 Å². The number of aryl methyl sites for hydroxylation is 1. The van der Waals surface area contributed by atoms with Crippen LogP contribution >= 0.6 is 24.0 Å². The fourth-order valence-electron chi connectivity index (χ4n) is 2.65. The molecule has 2 N–H and O–H groups in total. The number of methoxy groups -OCH3 is 1. The first-order chi connectivity index (χ1) is 12.2. The summed E-state index contributed by atoms with van der Waals surface area (Å²) in [6, 6.07) is 10.2. The predicted octanol–water partition coefficient (Wildman–Crippen LogP) is 3.20. The second kappa shape index (κ2) is 11.9. The Kier molecular flexibility index (Phi) is 10.3. The molecule has 0 unspecified atom stereocenters. The van der Waals surface area contributed by atoms with Crippen molar-refractivity contribution in [2.75, 3.05) is 26.8 Å². The number of aliphatic imine (C=N–C) groups is 1. The average Bonchev–Trinajstić information content (AvgIpc) is 2.91. The average molecular weight is 471 g/mol. The molecule has 1 heterocycles. The van der Waals surface area contributed by atoms with Gasteiger partial charge < -0.3 is 15.4 Å². The van der Waals surface area contributed by atoms with E-state index in [0.717, 1.165) is 54.7 Å². The van der Waals surface area contributed by atoms with E-state index in [2.05, 4.69) is 41.7 Å². The molecule has 0 aliphatic rings. The van der Waals surface area contributed by atoms with Gasteiger partial charge in [0.15, 0.2) is 5.96 Å². The Morgan fingerprint density at radius 1 is 1.19 bits per heavy atom. The summed E-state index contributed by atoms with van der Waals surface area (Å²) >= 11 is 0. The zero-order valence-corrected chi connectivity index (χ0v) is 18.4. The maximum atomic E-state index is 5.08. The van der Waals surface area contributed by atoms with Crippen LogP contribution in [0.4, 0.5) is 0 Å². The fourth-order valence-corrected chi connectivity index (χ4v) is 2.65. The normalized spacial score (nSPS) is 11.2. The van der Waals surface area contributed by atoms with Gasteiger partial charge in [-0.05, 0) is 39.3 Å². The highest BCUT2D eigenvalue weighted by atomic mass is 127. The van der Waals surface area contributed by atoms with Crippen molar-refractivity contribution in [2.45, 2.75) is 33.7 Å². The molecule has 1 aromatic carbocycles. The molecule has 0 saturated heterocycles. The van der Waals surface area contributed by atoms with Crippen molar-refractivity contribution in [3.05, 3.63) is 47.3 Å². The van der Waals surface area contributed by atoms with Crippen molar-refractivity contribution in [1.82, 2.24) is 20.4 Å². The fraction of sp³-hybridized carbons (Fsp3) is 0.474. The van der Waals surface area contributed by atoms with E-state index < -0.39 is 0 Å². The molecule has 1 aromatic heterocycles. The Morgan fingerprint density at radius 2 is 1.92 bits per heavy atom. The Labute approximate surface area is 173 Å². The van der Waals surface area contributed by atoms with Crippen molar-refractivity contribution in [3.63, 3.8) is 0 Å². The number of hydrogen-bond donors (Lipinski definition) is 2. The predicted molar refractivity (Wildman–Crippen MR) is 118 cm³/mol. The molecule has 144 valence electrons. The number of halogens is 1. The molecule has 0 aliphatic carbocycles. The van der Waals surface area contributed by atoms with Crippen LogP contribution in [0.2, 0.25) is 0 Å². The minimum absolute atomic E-state index is 0. The summed E-state index contributed by atoms with van der Waals surface area (Å²) in [7, 11) is 1.72. The first kappa shape index (κ1) is 22.4. The molecule has 0 fully saturated rings. The van der Waals surface area contributed by atoms with Gasteiger partial charge in [0.25, 0.3) is 0 Å². The van der Waals surface area contributed by atoms with Crippen molar-refractivity contribution < 1.29 is 4.74 Å². The monoisotopic (exact) mass is 471 g/mol. The van der Waals surface area contributed by atoms with Crippen LogP contribution in [-0.2, 0) is 11.3 Å². The number of ether oxygens (including phenoxy) is 1. The van der Waals surface area contributed by atoms with Crippen LogP contribution < -0.4 is 10.6 Å². The molecule has 0 bridgehead atoms. The maximum absolute atomic E-state index is 5.08. The lowest BCUT2D eigenvalue weighted by Crippen LogP contribution is -2.38. The van der Waals surface area contributed by atoms with Gasteiger partial charge >= 0.3 is 0 Å². The molecule has 0 atom stereocenters. The van der Waals surface area contributed by atoms with Crippen LogP contribution in [0, 0.1) is 13.8 Å². The van der Waals surface area contributed by atoms with Crippen molar-refractivity contribution in [2.24, 2.45) is 4.99 Å². The number of rotatable bonds is 8. The molecule has 0 saturated carbocycles. The minimum atomic E-state index is 0. The standard InChI is InChI=1S/C19H29N5O.HI/c1-5-20-19(21-12-9-13-25-4)22-14-18-15(2)23-24(16(18)3)17-10-7-6-8-11-17;/h6-8,10-11H,5,9,12-14H2,1-4H3,(H2,20,21,22);1H. The molecule has 7 heteroatoms. The lowest BCUT2D eigenvalue weighted by Gasteiger charge is -2.11. The highest BCUT2D eigenvalue weighted by Crippen LogP contribution is 2.18. The van der Waals surface area contributed by atoms with Gasteiger partial charge in [-0.25, -0.2) is 9.67 Å². The Balaban J connectivity index is 0.00000338. The quantitative estimate of drug-likeness (QED) is 0.269. The Hall–Kier alpha value is -1.61. The number of para-hydroxylation sites is 1. The van der Waals surface area contributed by atoms with Gasteiger partial charge in [-0.3, -0.25) is 0 Å². The lowest BCUT2D eigenvalue weighted by molar-refractivity contribution is 0.195. The summed E-state index contributed by atoms with van der Waals surface area (Å²) in [6.07, 6.45) is 0.949. The molecule has 0 aliphatic heterocycles. The van der Waals surface area contributed by atoms with Gasteiger partial charge in [-0.15, -0.1) is 24.0 Å². The van der Waals surface area contributed by atoms with Crippen molar-refractivity contribution >= 4 is 29.9 Å². The number of nitrogens with zero attached hydrogens (tertiary/aromatic N) is 3. The second-order valence-electron chi connectivity index (χ2n) is 5.87. The summed E-state index contributed by atoms with van der Waals surface area (Å²) in [5.41, 5.74) is 4.38. The third-order valence-electron chi connectivity index (χ3n) is 4.00. The molecular weight excluding hydrogens is 441 g/mol. The molecule has 2 rings (SSSR count). The van der Waals surface area contributed by atoms with E-state index in [0.29, 0.717) is 6.54 Å². The van der Waals surface area contributed by atoms with Crippen LogP contribution in [0.5, 0.6) is 0 Å². The topological polar surface area (TPSA) is 63.5 Å². The first-order valence-corrected chi connectivity index (χ1v) is 8.79. The SMILES string of the molecule is CCNC(=NCc1c(C)nn(-c2ccccc2)c1C)NCCCOC.I. The van der Waals surface area contributed by atoms with Crippen LogP contribution in [0.3, 0.4) is 0 Å². The summed E-state index contributed by atoms with van der Waals surface area (Å²) in [4.78, 5) is 4.71. The van der Waals surface area contributed by atoms with Crippen molar-refractivity contribution in [1.29, 1.82) is 0 Å². The van der Waals surface area contributed by atoms with E-state index in [4.69, 9.17) is 9.73 Å². The van der Waals surface area contributed by atoms with Crippen LogP contribution in [0.15, 0.2) is 35.3 Å². The summed E-state index contributed by atoms with van der Waals surface area (Å²) in [6.45, 7) is 9.21. The summed E-state index contributed by atoms with van der Waals surface area (Å²) in [5.74, 6) is 0.824. The van der Waals surface area contributed by atoms with E-state index in [9.17, 15) is 0 Å². The van der Waals surface area contributed by atoms with Gasteiger partial charge in [0.2, 0.25) is 0 Å². The molecule has 2 aromatic rings. The third-order valence-corrected chi connectivity index (χ3v) is 4.00. The smallest absolute Gasteiger partial charge is 0.191 e. The van der Waals surface area contributed by atoms with Crippen LogP contribution in [0.25, 0.3) is 5.69 Å². The highest BCUT2D eigenvalue weighted by Gasteiger charge is 2.12. The van der Waals surface area contributed by atoms with Gasteiger partial charge in [0, 0.05) is 38.1 Å². The Bertz CT molecular complexity index is 685. The number of benzene rings is 1. The summed E-state index contributed by atoms with van der Waals surface area (Å²) in [5, 5.41) is 11.3. The zero-order chi connectivity index (χ0) is 18.1. The molecule has 0 spiro atoms. The second-order valence-corrected chi connectivity index (χ2v) is 5.87. The largest absolute Gasteiger partial charge is 0.385 e. The lowest BCUT2D eigenvalue weighted by atomic mass is 10.2. The number of hydrogen-bond acceptors (Lipinski definition) is 3. The Morgan fingerprint density at radius 3 is 2.58 bits per heavy atom. The maximum Gasteiger partial charge on any atom is 0.191 e. The molecular formula is C19H30IN5O. The minimum Gasteiger partial charge on any atom is -0.385 e. The highest BCUT2D eigenvalue weighted by molar-refractivity contribution is 14.0. The van der Waals surface area contributed by atoms with Crippen LogP contribution in [0.1, 0.15) is 30.3 Å². The molecule has 6 nitrogen and oxygen atoms in total.